The third-order valence-corrected chi connectivity index (χ3v) is 4.96. The molecule has 5 nitrogen and oxygen atoms in total. The zero-order valence-corrected chi connectivity index (χ0v) is 13.6. The van der Waals surface area contributed by atoms with Gasteiger partial charge in [-0.1, -0.05) is 19.1 Å². The van der Waals surface area contributed by atoms with Gasteiger partial charge in [0.1, 0.15) is 5.82 Å². The van der Waals surface area contributed by atoms with Crippen molar-refractivity contribution >= 4 is 5.91 Å². The molecule has 0 unspecified atom stereocenters. The molecule has 0 spiro atoms. The molecule has 1 aliphatic heterocycles. The lowest BCUT2D eigenvalue weighted by molar-refractivity contribution is -0.135. The van der Waals surface area contributed by atoms with Gasteiger partial charge in [0.2, 0.25) is 5.91 Å². The zero-order chi connectivity index (χ0) is 15.5. The van der Waals surface area contributed by atoms with Crippen LogP contribution in [0.25, 0.3) is 0 Å². The molecule has 1 aliphatic carbocycles. The number of allylic oxidation sites excluding steroid dienone is 2. The predicted molar refractivity (Wildman–Crippen MR) is 86.3 cm³/mol. The number of nitrogens with zero attached hydrogens (tertiary/aromatic N) is 4. The molecule has 1 fully saturated rings. The summed E-state index contributed by atoms with van der Waals surface area (Å²) in [6, 6.07) is 0.210. The molecule has 22 heavy (non-hydrogen) atoms. The van der Waals surface area contributed by atoms with E-state index in [9.17, 15) is 4.79 Å². The van der Waals surface area contributed by atoms with Gasteiger partial charge in [-0.15, -0.1) is 0 Å². The topological polar surface area (TPSA) is 41.4 Å². The summed E-state index contributed by atoms with van der Waals surface area (Å²) in [5, 5.41) is 0. The summed E-state index contributed by atoms with van der Waals surface area (Å²) < 4.78 is 2.07. The highest BCUT2D eigenvalue weighted by molar-refractivity contribution is 5.77. The van der Waals surface area contributed by atoms with E-state index in [0.29, 0.717) is 18.2 Å². The largest absolute Gasteiger partial charge is 0.339 e. The zero-order valence-electron chi connectivity index (χ0n) is 13.6. The van der Waals surface area contributed by atoms with Crippen molar-refractivity contribution in [1.29, 1.82) is 0 Å². The number of aryl methyl sites for hydroxylation is 1. The van der Waals surface area contributed by atoms with E-state index in [1.165, 1.54) is 0 Å². The molecule has 120 valence electrons. The Morgan fingerprint density at radius 1 is 1.41 bits per heavy atom. The number of hydrogen-bond donors (Lipinski definition) is 0. The highest BCUT2D eigenvalue weighted by atomic mass is 16.2. The Labute approximate surface area is 132 Å². The summed E-state index contributed by atoms with van der Waals surface area (Å²) in [6.07, 6.45) is 11.1. The van der Waals surface area contributed by atoms with Crippen molar-refractivity contribution in [3.8, 4) is 0 Å². The van der Waals surface area contributed by atoms with Crippen molar-refractivity contribution in [1.82, 2.24) is 19.4 Å². The smallest absolute Gasteiger partial charge is 0.223 e. The first-order valence-corrected chi connectivity index (χ1v) is 8.34. The van der Waals surface area contributed by atoms with Crippen LogP contribution in [0.5, 0.6) is 0 Å². The van der Waals surface area contributed by atoms with Crippen molar-refractivity contribution in [3.05, 3.63) is 30.4 Å². The van der Waals surface area contributed by atoms with E-state index in [2.05, 4.69) is 33.5 Å². The molecule has 0 aromatic carbocycles. The fourth-order valence-electron chi connectivity index (χ4n) is 3.59. The van der Waals surface area contributed by atoms with Gasteiger partial charge in [-0.25, -0.2) is 4.98 Å². The summed E-state index contributed by atoms with van der Waals surface area (Å²) >= 11 is 0. The molecular formula is C17H26N4O. The van der Waals surface area contributed by atoms with E-state index < -0.39 is 0 Å². The van der Waals surface area contributed by atoms with Crippen molar-refractivity contribution in [2.75, 3.05) is 26.2 Å². The Morgan fingerprint density at radius 3 is 2.91 bits per heavy atom. The van der Waals surface area contributed by atoms with Gasteiger partial charge in [0.05, 0.1) is 6.04 Å². The third-order valence-electron chi connectivity index (χ3n) is 4.96. The van der Waals surface area contributed by atoms with E-state index in [-0.39, 0.29) is 6.04 Å². The molecule has 2 aliphatic rings. The van der Waals surface area contributed by atoms with Crippen molar-refractivity contribution in [3.63, 3.8) is 0 Å². The average Bonchev–Trinajstić information content (AvgIpc) is 3.18. The molecule has 0 radical (unpaired) electrons. The first-order valence-electron chi connectivity index (χ1n) is 8.34. The van der Waals surface area contributed by atoms with Gasteiger partial charge in [-0.05, 0) is 25.3 Å². The van der Waals surface area contributed by atoms with Crippen LogP contribution >= 0.6 is 0 Å². The molecule has 2 heterocycles. The minimum absolute atomic E-state index is 0.210. The number of piperazine rings is 1. The molecule has 1 amide bonds. The molecule has 3 rings (SSSR count). The van der Waals surface area contributed by atoms with Gasteiger partial charge in [0.15, 0.2) is 0 Å². The summed E-state index contributed by atoms with van der Waals surface area (Å²) in [4.78, 5) is 21.6. The lowest BCUT2D eigenvalue weighted by Gasteiger charge is -2.40. The lowest BCUT2D eigenvalue weighted by atomic mass is 10.0. The fourth-order valence-corrected chi connectivity index (χ4v) is 3.59. The maximum absolute atomic E-state index is 12.6. The van der Waals surface area contributed by atoms with Crippen LogP contribution in [0.2, 0.25) is 0 Å². The van der Waals surface area contributed by atoms with Crippen LogP contribution in [-0.2, 0) is 11.8 Å². The minimum Gasteiger partial charge on any atom is -0.339 e. The molecule has 0 bridgehead atoms. The van der Waals surface area contributed by atoms with E-state index >= 15 is 0 Å². The number of imidazole rings is 1. The van der Waals surface area contributed by atoms with E-state index in [0.717, 1.165) is 44.8 Å². The molecule has 0 saturated carbocycles. The van der Waals surface area contributed by atoms with Crippen LogP contribution < -0.4 is 0 Å². The lowest BCUT2D eigenvalue weighted by Crippen LogP contribution is -2.51. The highest BCUT2D eigenvalue weighted by Crippen LogP contribution is 2.26. The second-order valence-electron chi connectivity index (χ2n) is 6.35. The highest BCUT2D eigenvalue weighted by Gasteiger charge is 2.32. The van der Waals surface area contributed by atoms with Crippen LogP contribution in [0.4, 0.5) is 0 Å². The Hall–Kier alpha value is -1.62. The number of hydrogen-bond acceptors (Lipinski definition) is 3. The summed E-state index contributed by atoms with van der Waals surface area (Å²) in [6.45, 7) is 5.69. The second-order valence-corrected chi connectivity index (χ2v) is 6.35. The maximum atomic E-state index is 12.6. The number of aromatic nitrogens is 2. The number of rotatable bonds is 4. The van der Waals surface area contributed by atoms with Gasteiger partial charge >= 0.3 is 0 Å². The summed E-state index contributed by atoms with van der Waals surface area (Å²) in [5.41, 5.74) is 0. The number of carbonyl (C=O) groups excluding carboxylic acids is 1. The Bertz CT molecular complexity index is 551. The molecule has 5 heteroatoms. The third kappa shape index (κ3) is 3.09. The van der Waals surface area contributed by atoms with Gasteiger partial charge in [-0.2, -0.15) is 0 Å². The number of amides is 1. The molecule has 0 N–H and O–H groups in total. The molecular weight excluding hydrogens is 276 g/mol. The molecule has 1 saturated heterocycles. The van der Waals surface area contributed by atoms with Crippen LogP contribution in [0.3, 0.4) is 0 Å². The van der Waals surface area contributed by atoms with Gasteiger partial charge in [0, 0.05) is 45.5 Å². The van der Waals surface area contributed by atoms with Crippen molar-refractivity contribution in [2.45, 2.75) is 32.2 Å². The molecule has 1 aromatic rings. The first kappa shape index (κ1) is 15.3. The second kappa shape index (κ2) is 6.65. The van der Waals surface area contributed by atoms with Gasteiger partial charge in [0.25, 0.3) is 0 Å². The van der Waals surface area contributed by atoms with Crippen molar-refractivity contribution in [2.24, 2.45) is 13.0 Å². The van der Waals surface area contributed by atoms with Crippen LogP contribution in [0.15, 0.2) is 24.5 Å². The van der Waals surface area contributed by atoms with Crippen molar-refractivity contribution < 1.29 is 4.79 Å². The monoisotopic (exact) mass is 302 g/mol. The van der Waals surface area contributed by atoms with Gasteiger partial charge in [-0.3, -0.25) is 9.69 Å². The van der Waals surface area contributed by atoms with Crippen LogP contribution in [0.1, 0.15) is 38.1 Å². The number of carbonyl (C=O) groups is 1. The fraction of sp³-hybridized carbons (Fsp3) is 0.647. The van der Waals surface area contributed by atoms with Crippen LogP contribution in [-0.4, -0.2) is 51.4 Å². The van der Waals surface area contributed by atoms with Crippen LogP contribution in [0, 0.1) is 5.92 Å². The number of likely N-dealkylation sites (N-methyl/N-ethyl adjacent to an activating group) is 1. The Balaban J connectivity index is 1.68. The maximum Gasteiger partial charge on any atom is 0.223 e. The average molecular weight is 302 g/mol. The molecule has 2 atom stereocenters. The van der Waals surface area contributed by atoms with E-state index in [4.69, 9.17) is 0 Å². The van der Waals surface area contributed by atoms with E-state index in [1.54, 1.807) is 0 Å². The predicted octanol–water partition coefficient (Wildman–Crippen LogP) is 1.98. The van der Waals surface area contributed by atoms with Gasteiger partial charge < -0.3 is 9.47 Å². The molecule has 1 aromatic heterocycles. The minimum atomic E-state index is 0.210. The Morgan fingerprint density at radius 2 is 2.27 bits per heavy atom. The summed E-state index contributed by atoms with van der Waals surface area (Å²) in [5.74, 6) is 1.80. The standard InChI is InChI=1S/C17H26N4O/c1-3-20-10-11-21(16(22)12-14-6-4-5-7-14)13-15(20)17-18-8-9-19(17)2/h4,6,8-9,14-15H,3,5,7,10-13H2,1-2H3/t14-,15+/m0/s1. The first-order chi connectivity index (χ1) is 10.7. The normalized spacial score (nSPS) is 25.8. The Kier molecular flexibility index (Phi) is 4.62. The van der Waals surface area contributed by atoms with E-state index in [1.807, 2.05) is 24.3 Å². The SMILES string of the molecule is CCN1CCN(C(=O)C[C@H]2C=CCC2)C[C@@H]1c1nccn1C. The quantitative estimate of drug-likeness (QED) is 0.799. The summed E-state index contributed by atoms with van der Waals surface area (Å²) in [7, 11) is 2.03.